The van der Waals surface area contributed by atoms with Crippen LogP contribution in [0.5, 0.6) is 0 Å². The number of piperidine rings is 1. The van der Waals surface area contributed by atoms with E-state index in [2.05, 4.69) is 5.32 Å². The van der Waals surface area contributed by atoms with Crippen molar-refractivity contribution in [2.24, 2.45) is 5.92 Å². The van der Waals surface area contributed by atoms with Crippen LogP contribution in [0.25, 0.3) is 0 Å². The van der Waals surface area contributed by atoms with Gasteiger partial charge in [0.15, 0.2) is 0 Å². The number of nitriles is 1. The molecule has 1 amide bonds. The summed E-state index contributed by atoms with van der Waals surface area (Å²) in [6, 6.07) is 15.1. The first-order valence-electron chi connectivity index (χ1n) is 8.92. The first-order valence-corrected chi connectivity index (χ1v) is 10.7. The van der Waals surface area contributed by atoms with E-state index in [0.29, 0.717) is 30.0 Å². The highest BCUT2D eigenvalue weighted by Gasteiger charge is 2.32. The van der Waals surface area contributed by atoms with Gasteiger partial charge in [-0.2, -0.15) is 9.57 Å². The predicted molar refractivity (Wildman–Crippen MR) is 106 cm³/mol. The van der Waals surface area contributed by atoms with E-state index in [0.717, 1.165) is 5.56 Å². The lowest BCUT2D eigenvalue weighted by molar-refractivity contribution is -0.126. The number of benzene rings is 2. The van der Waals surface area contributed by atoms with Crippen LogP contribution >= 0.6 is 11.6 Å². The van der Waals surface area contributed by atoms with Gasteiger partial charge in [0.2, 0.25) is 15.9 Å². The lowest BCUT2D eigenvalue weighted by Gasteiger charge is -2.30. The van der Waals surface area contributed by atoms with E-state index in [-0.39, 0.29) is 29.8 Å². The minimum Gasteiger partial charge on any atom is -0.352 e. The fraction of sp³-hybridized carbons (Fsp3) is 0.300. The summed E-state index contributed by atoms with van der Waals surface area (Å²) < 4.78 is 26.9. The van der Waals surface area contributed by atoms with Crippen LogP contribution in [0.3, 0.4) is 0 Å². The molecule has 0 unspecified atom stereocenters. The molecule has 3 rings (SSSR count). The molecule has 2 aromatic rings. The van der Waals surface area contributed by atoms with Crippen molar-refractivity contribution >= 4 is 27.5 Å². The van der Waals surface area contributed by atoms with Crippen LogP contribution in [0.2, 0.25) is 5.02 Å². The van der Waals surface area contributed by atoms with Gasteiger partial charge in [0.05, 0.1) is 16.5 Å². The highest BCUT2D eigenvalue weighted by Crippen LogP contribution is 2.24. The van der Waals surface area contributed by atoms with Crippen molar-refractivity contribution in [3.63, 3.8) is 0 Å². The SMILES string of the molecule is N#Cc1ccc(S(=O)(=O)N2CCC(C(=O)NCc3cccc(Cl)c3)CC2)cc1. The van der Waals surface area contributed by atoms with E-state index in [1.165, 1.54) is 28.6 Å². The Kier molecular flexibility index (Phi) is 6.35. The molecule has 28 heavy (non-hydrogen) atoms. The zero-order valence-electron chi connectivity index (χ0n) is 15.1. The summed E-state index contributed by atoms with van der Waals surface area (Å²) in [5.41, 5.74) is 1.33. The van der Waals surface area contributed by atoms with Crippen LogP contribution in [0, 0.1) is 17.2 Å². The first-order chi connectivity index (χ1) is 13.4. The molecule has 1 aliphatic heterocycles. The monoisotopic (exact) mass is 417 g/mol. The Balaban J connectivity index is 1.55. The minimum absolute atomic E-state index is 0.0737. The average Bonchev–Trinajstić information content (AvgIpc) is 2.72. The fourth-order valence-electron chi connectivity index (χ4n) is 3.19. The maximum Gasteiger partial charge on any atom is 0.243 e. The Labute approximate surface area is 169 Å². The summed E-state index contributed by atoms with van der Waals surface area (Å²) in [4.78, 5) is 12.6. The largest absolute Gasteiger partial charge is 0.352 e. The van der Waals surface area contributed by atoms with E-state index in [1.54, 1.807) is 12.1 Å². The number of amides is 1. The molecule has 1 saturated heterocycles. The smallest absolute Gasteiger partial charge is 0.243 e. The Morgan fingerprint density at radius 3 is 2.46 bits per heavy atom. The molecule has 6 nitrogen and oxygen atoms in total. The zero-order chi connectivity index (χ0) is 20.1. The number of sulfonamides is 1. The maximum atomic E-state index is 12.7. The molecule has 0 aliphatic carbocycles. The quantitative estimate of drug-likeness (QED) is 0.809. The molecule has 0 spiro atoms. The number of nitrogens with zero attached hydrogens (tertiary/aromatic N) is 2. The summed E-state index contributed by atoms with van der Waals surface area (Å²) >= 11 is 5.94. The van der Waals surface area contributed by atoms with Crippen molar-refractivity contribution < 1.29 is 13.2 Å². The zero-order valence-corrected chi connectivity index (χ0v) is 16.7. The van der Waals surface area contributed by atoms with E-state index in [9.17, 15) is 13.2 Å². The molecule has 8 heteroatoms. The van der Waals surface area contributed by atoms with Gasteiger partial charge in [-0.1, -0.05) is 23.7 Å². The second-order valence-electron chi connectivity index (χ2n) is 6.66. The highest BCUT2D eigenvalue weighted by atomic mass is 35.5. The van der Waals surface area contributed by atoms with E-state index in [1.807, 2.05) is 18.2 Å². The summed E-state index contributed by atoms with van der Waals surface area (Å²) in [6.07, 6.45) is 0.938. The van der Waals surface area contributed by atoms with Crippen molar-refractivity contribution in [1.82, 2.24) is 9.62 Å². The predicted octanol–water partition coefficient (Wildman–Crippen LogP) is 2.93. The summed E-state index contributed by atoms with van der Waals surface area (Å²) in [5, 5.41) is 12.4. The Bertz CT molecular complexity index is 992. The van der Waals surface area contributed by atoms with Crippen molar-refractivity contribution in [3.05, 3.63) is 64.7 Å². The van der Waals surface area contributed by atoms with Gasteiger partial charge < -0.3 is 5.32 Å². The maximum absolute atomic E-state index is 12.7. The fourth-order valence-corrected chi connectivity index (χ4v) is 4.87. The third-order valence-corrected chi connectivity index (χ3v) is 6.95. The van der Waals surface area contributed by atoms with Gasteiger partial charge >= 0.3 is 0 Å². The van der Waals surface area contributed by atoms with Crippen molar-refractivity contribution in [1.29, 1.82) is 5.26 Å². The van der Waals surface area contributed by atoms with Crippen LogP contribution in [0.15, 0.2) is 53.4 Å². The minimum atomic E-state index is -3.62. The number of carbonyl (C=O) groups is 1. The molecule has 1 heterocycles. The van der Waals surface area contributed by atoms with Gasteiger partial charge in [0.25, 0.3) is 0 Å². The van der Waals surface area contributed by atoms with E-state index in [4.69, 9.17) is 16.9 Å². The van der Waals surface area contributed by atoms with Gasteiger partial charge in [-0.3, -0.25) is 4.79 Å². The first kappa shape index (κ1) is 20.3. The standard InChI is InChI=1S/C20H20ClN3O3S/c21-18-3-1-2-16(12-18)14-23-20(25)17-8-10-24(11-9-17)28(26,27)19-6-4-15(13-22)5-7-19/h1-7,12,17H,8-11,14H2,(H,23,25). The molecule has 1 fully saturated rings. The molecule has 0 aromatic heterocycles. The number of hydrogen-bond donors (Lipinski definition) is 1. The lowest BCUT2D eigenvalue weighted by atomic mass is 9.97. The van der Waals surface area contributed by atoms with Gasteiger partial charge in [-0.25, -0.2) is 8.42 Å². The molecule has 0 bridgehead atoms. The van der Waals surface area contributed by atoms with Crippen LogP contribution in [-0.2, 0) is 21.4 Å². The van der Waals surface area contributed by atoms with Gasteiger partial charge in [-0.05, 0) is 54.8 Å². The van der Waals surface area contributed by atoms with Crippen LogP contribution in [-0.4, -0.2) is 31.7 Å². The molecule has 1 aliphatic rings. The molecular weight excluding hydrogens is 398 g/mol. The molecular formula is C20H20ClN3O3S. The van der Waals surface area contributed by atoms with Gasteiger partial charge in [0, 0.05) is 30.6 Å². The van der Waals surface area contributed by atoms with Crippen molar-refractivity contribution in [2.75, 3.05) is 13.1 Å². The Morgan fingerprint density at radius 1 is 1.18 bits per heavy atom. The number of carbonyl (C=O) groups excluding carboxylic acids is 1. The third kappa shape index (κ3) is 4.71. The third-order valence-electron chi connectivity index (χ3n) is 4.80. The highest BCUT2D eigenvalue weighted by molar-refractivity contribution is 7.89. The summed E-state index contributed by atoms with van der Waals surface area (Å²) in [5.74, 6) is -0.290. The number of nitrogens with one attached hydrogen (secondary N) is 1. The van der Waals surface area contributed by atoms with E-state index < -0.39 is 10.0 Å². The molecule has 0 radical (unpaired) electrons. The summed E-state index contributed by atoms with van der Waals surface area (Å²) in [6.45, 7) is 0.971. The van der Waals surface area contributed by atoms with Gasteiger partial charge in [-0.15, -0.1) is 0 Å². The number of rotatable bonds is 5. The number of hydrogen-bond acceptors (Lipinski definition) is 4. The topological polar surface area (TPSA) is 90.3 Å². The Hall–Kier alpha value is -2.40. The van der Waals surface area contributed by atoms with Gasteiger partial charge in [0.1, 0.15) is 0 Å². The number of halogens is 1. The normalized spacial score (nSPS) is 15.7. The Morgan fingerprint density at radius 2 is 1.86 bits per heavy atom. The average molecular weight is 418 g/mol. The van der Waals surface area contributed by atoms with Crippen molar-refractivity contribution in [2.45, 2.75) is 24.3 Å². The molecule has 1 N–H and O–H groups in total. The lowest BCUT2D eigenvalue weighted by Crippen LogP contribution is -2.42. The molecule has 146 valence electrons. The summed E-state index contributed by atoms with van der Waals surface area (Å²) in [7, 11) is -3.62. The second-order valence-corrected chi connectivity index (χ2v) is 9.04. The second kappa shape index (κ2) is 8.74. The van der Waals surface area contributed by atoms with Crippen LogP contribution < -0.4 is 5.32 Å². The molecule has 0 saturated carbocycles. The van der Waals surface area contributed by atoms with E-state index >= 15 is 0 Å². The molecule has 2 aromatic carbocycles. The van der Waals surface area contributed by atoms with Crippen LogP contribution in [0.1, 0.15) is 24.0 Å². The molecule has 0 atom stereocenters. The van der Waals surface area contributed by atoms with Crippen molar-refractivity contribution in [3.8, 4) is 6.07 Å². The van der Waals surface area contributed by atoms with Crippen LogP contribution in [0.4, 0.5) is 0 Å².